The summed E-state index contributed by atoms with van der Waals surface area (Å²) in [6.45, 7) is 16.8. The van der Waals surface area contributed by atoms with E-state index in [2.05, 4.69) is 41.5 Å². The van der Waals surface area contributed by atoms with Crippen LogP contribution >= 0.6 is 0 Å². The maximum absolute atomic E-state index is 3.99. The summed E-state index contributed by atoms with van der Waals surface area (Å²) in [5.74, 6) is 1.41. The number of hydrogen-bond donors (Lipinski definition) is 0. The van der Waals surface area contributed by atoms with Crippen molar-refractivity contribution in [1.82, 2.24) is 0 Å². The number of hydrogen-bond acceptors (Lipinski definition) is 0. The Hall–Kier alpha value is 1.26. The zero-order valence-electron chi connectivity index (χ0n) is 12.9. The molecule has 0 nitrogen and oxygen atoms in total. The van der Waals surface area contributed by atoms with E-state index in [0.29, 0.717) is 11.8 Å². The quantitative estimate of drug-likeness (QED) is 0.391. The van der Waals surface area contributed by atoms with Gasteiger partial charge in [0, 0.05) is 0 Å². The average molecular weight is 267 g/mol. The minimum absolute atomic E-state index is 0. The fraction of sp³-hybridized carbons (Fsp3) is 0.875. The predicted octanol–water partition coefficient (Wildman–Crippen LogP) is 5.69. The smallest absolute Gasteiger partial charge is 0.340 e. The van der Waals surface area contributed by atoms with Gasteiger partial charge < -0.3 is 13.8 Å². The van der Waals surface area contributed by atoms with Crippen LogP contribution in [-0.4, -0.2) is 37.7 Å². The van der Waals surface area contributed by atoms with E-state index in [4.69, 9.17) is 0 Å². The molecule has 0 aromatic rings. The molecular weight excluding hydrogens is 232 g/mol. The van der Waals surface area contributed by atoms with Gasteiger partial charge in [0.2, 0.25) is 0 Å². The Morgan fingerprint density at radius 3 is 1.18 bits per heavy atom. The van der Waals surface area contributed by atoms with Gasteiger partial charge in [0.1, 0.15) is 0 Å². The molecule has 0 aliphatic carbocycles. The molecule has 17 heavy (non-hydrogen) atoms. The Morgan fingerprint density at radius 1 is 0.706 bits per heavy atom. The van der Waals surface area contributed by atoms with Crippen molar-refractivity contribution in [3.63, 3.8) is 0 Å². The van der Waals surface area contributed by atoms with E-state index in [1.165, 1.54) is 51.4 Å². The van der Waals surface area contributed by atoms with Gasteiger partial charge in [0.25, 0.3) is 0 Å². The third kappa shape index (κ3) is 22.9. The molecule has 0 rings (SSSR count). The van der Waals surface area contributed by atoms with Gasteiger partial charge in [-0.05, 0) is 0 Å². The summed E-state index contributed by atoms with van der Waals surface area (Å²) >= 11 is 0. The minimum Gasteiger partial charge on any atom is -0.340 e. The van der Waals surface area contributed by atoms with Crippen LogP contribution in [0.5, 0.6) is 0 Å². The molecule has 0 spiro atoms. The van der Waals surface area contributed by atoms with Crippen LogP contribution in [-0.2, 0) is 0 Å². The molecule has 100 valence electrons. The standard InChI is InChI=1S/2C8H17.Ca/c2*1-4-6-7-8(3)5-2;/h2*8H,3-7H2,1-2H3;/q2*-1;+2. The molecule has 2 unspecified atom stereocenters. The third-order valence-corrected chi connectivity index (χ3v) is 3.09. The van der Waals surface area contributed by atoms with E-state index in [-0.39, 0.29) is 37.7 Å². The van der Waals surface area contributed by atoms with Crippen LogP contribution < -0.4 is 0 Å². The van der Waals surface area contributed by atoms with Crippen LogP contribution in [0.15, 0.2) is 0 Å². The van der Waals surface area contributed by atoms with E-state index < -0.39 is 0 Å². The second-order valence-electron chi connectivity index (χ2n) is 4.83. The Kier molecular flexibility index (Phi) is 26.9. The Labute approximate surface area is 141 Å². The first-order chi connectivity index (χ1) is 7.62. The SMILES string of the molecule is [CH2-]C(CC)CCCC.[CH2-]C(CC)CCCC.[Ca+2]. The maximum atomic E-state index is 3.99. The Morgan fingerprint density at radius 2 is 1.00 bits per heavy atom. The third-order valence-electron chi connectivity index (χ3n) is 3.09. The first kappa shape index (κ1) is 23.4. The monoisotopic (exact) mass is 266 g/mol. The van der Waals surface area contributed by atoms with Crippen LogP contribution in [0, 0.1) is 25.7 Å². The molecule has 0 aliphatic heterocycles. The van der Waals surface area contributed by atoms with Gasteiger partial charge in [0.15, 0.2) is 0 Å². The number of unbranched alkanes of at least 4 members (excludes halogenated alkanes) is 2. The molecule has 1 heteroatoms. The molecule has 0 saturated carbocycles. The van der Waals surface area contributed by atoms with E-state index in [1.54, 1.807) is 0 Å². The van der Waals surface area contributed by atoms with Crippen LogP contribution in [0.2, 0.25) is 0 Å². The van der Waals surface area contributed by atoms with E-state index in [0.717, 1.165) is 0 Å². The zero-order chi connectivity index (χ0) is 12.8. The summed E-state index contributed by atoms with van der Waals surface area (Å²) in [6, 6.07) is 0. The van der Waals surface area contributed by atoms with Gasteiger partial charge in [-0.3, -0.25) is 0 Å². The van der Waals surface area contributed by atoms with E-state index >= 15 is 0 Å². The predicted molar refractivity (Wildman–Crippen MR) is 83.1 cm³/mol. The van der Waals surface area contributed by atoms with Crippen LogP contribution in [0.3, 0.4) is 0 Å². The molecule has 0 aromatic heterocycles. The zero-order valence-corrected chi connectivity index (χ0v) is 15.1. The number of rotatable bonds is 8. The van der Waals surface area contributed by atoms with Gasteiger partial charge in [-0.1, -0.05) is 79.1 Å². The first-order valence-electron chi connectivity index (χ1n) is 7.28. The molecule has 0 aromatic carbocycles. The molecule has 0 fully saturated rings. The molecular formula is C16H34Ca. The summed E-state index contributed by atoms with van der Waals surface area (Å²) < 4.78 is 0. The molecule has 0 bridgehead atoms. The topological polar surface area (TPSA) is 0 Å². The molecule has 2 atom stereocenters. The molecule has 0 heterocycles. The van der Waals surface area contributed by atoms with Crippen molar-refractivity contribution >= 4 is 37.7 Å². The summed E-state index contributed by atoms with van der Waals surface area (Å²) in [5.41, 5.74) is 0. The second-order valence-corrected chi connectivity index (χ2v) is 4.83. The van der Waals surface area contributed by atoms with Crippen LogP contribution in [0.25, 0.3) is 0 Å². The minimum atomic E-state index is 0. The van der Waals surface area contributed by atoms with Crippen molar-refractivity contribution in [1.29, 1.82) is 0 Å². The van der Waals surface area contributed by atoms with Crippen molar-refractivity contribution in [3.8, 4) is 0 Å². The van der Waals surface area contributed by atoms with Gasteiger partial charge in [-0.15, -0.1) is 0 Å². The fourth-order valence-electron chi connectivity index (χ4n) is 1.39. The van der Waals surface area contributed by atoms with Gasteiger partial charge in [-0.2, -0.15) is 11.8 Å². The van der Waals surface area contributed by atoms with Crippen molar-refractivity contribution in [2.45, 2.75) is 79.1 Å². The van der Waals surface area contributed by atoms with Crippen molar-refractivity contribution < 1.29 is 0 Å². The van der Waals surface area contributed by atoms with Crippen LogP contribution in [0.1, 0.15) is 79.1 Å². The normalized spacial score (nSPS) is 13.1. The largest absolute Gasteiger partial charge is 2.00 e. The van der Waals surface area contributed by atoms with Gasteiger partial charge in [0.05, 0.1) is 0 Å². The second kappa shape index (κ2) is 19.6. The average Bonchev–Trinajstić information content (AvgIpc) is 2.33. The summed E-state index contributed by atoms with van der Waals surface area (Å²) in [4.78, 5) is 0. The van der Waals surface area contributed by atoms with Crippen LogP contribution in [0.4, 0.5) is 0 Å². The van der Waals surface area contributed by atoms with Gasteiger partial charge in [-0.25, -0.2) is 0 Å². The molecule has 0 N–H and O–H groups in total. The summed E-state index contributed by atoms with van der Waals surface area (Å²) in [7, 11) is 0. The summed E-state index contributed by atoms with van der Waals surface area (Å²) in [6.07, 6.45) is 10.4. The molecule has 0 aliphatic rings. The molecule has 0 radical (unpaired) electrons. The fourth-order valence-corrected chi connectivity index (χ4v) is 1.39. The van der Waals surface area contributed by atoms with Gasteiger partial charge >= 0.3 is 37.7 Å². The van der Waals surface area contributed by atoms with Crippen molar-refractivity contribution in [3.05, 3.63) is 13.8 Å². The van der Waals surface area contributed by atoms with E-state index in [1.807, 2.05) is 0 Å². The van der Waals surface area contributed by atoms with E-state index in [9.17, 15) is 0 Å². The molecule has 0 saturated heterocycles. The van der Waals surface area contributed by atoms with Crippen molar-refractivity contribution in [2.75, 3.05) is 0 Å². The maximum Gasteiger partial charge on any atom is 2.00 e. The summed E-state index contributed by atoms with van der Waals surface area (Å²) in [5, 5.41) is 0. The Balaban J connectivity index is -0.000000218. The first-order valence-corrected chi connectivity index (χ1v) is 7.28. The molecule has 0 amide bonds. The van der Waals surface area contributed by atoms with Crippen molar-refractivity contribution in [2.24, 2.45) is 11.8 Å². The Bertz CT molecular complexity index is 98.1.